The van der Waals surface area contributed by atoms with Crippen LogP contribution in [-0.2, 0) is 14.3 Å². The van der Waals surface area contributed by atoms with E-state index in [1.165, 1.54) is 7.11 Å². The number of amides is 2. The lowest BCUT2D eigenvalue weighted by Crippen LogP contribution is -2.46. The Hall–Kier alpha value is -2.12. The van der Waals surface area contributed by atoms with E-state index in [1.54, 1.807) is 7.11 Å². The molecular formula is C22H32N2O5. The maximum Gasteiger partial charge on any atom is 0.257 e. The summed E-state index contributed by atoms with van der Waals surface area (Å²) in [6.07, 6.45) is 4.59. The molecule has 0 aromatic heterocycles. The number of methoxy groups -OCH3 is 2. The number of hydrogen-bond donors (Lipinski definition) is 0. The Morgan fingerprint density at radius 3 is 2.48 bits per heavy atom. The average Bonchev–Trinajstić information content (AvgIpc) is 2.75. The van der Waals surface area contributed by atoms with Crippen LogP contribution in [0, 0.1) is 0 Å². The Balaban J connectivity index is 1.65. The van der Waals surface area contributed by atoms with E-state index in [4.69, 9.17) is 14.2 Å². The maximum absolute atomic E-state index is 13.3. The Morgan fingerprint density at radius 1 is 1.00 bits per heavy atom. The van der Waals surface area contributed by atoms with Gasteiger partial charge in [-0.25, -0.2) is 0 Å². The van der Waals surface area contributed by atoms with Crippen molar-refractivity contribution in [3.05, 3.63) is 29.8 Å². The molecule has 29 heavy (non-hydrogen) atoms. The lowest BCUT2D eigenvalue weighted by molar-refractivity contribution is -0.136. The van der Waals surface area contributed by atoms with Crippen LogP contribution in [0.5, 0.6) is 5.75 Å². The van der Waals surface area contributed by atoms with Crippen LogP contribution in [0.1, 0.15) is 42.5 Å². The molecule has 2 amide bonds. The van der Waals surface area contributed by atoms with Crippen LogP contribution >= 0.6 is 0 Å². The fraction of sp³-hybridized carbons (Fsp3) is 0.636. The van der Waals surface area contributed by atoms with Gasteiger partial charge in [0.1, 0.15) is 18.5 Å². The summed E-state index contributed by atoms with van der Waals surface area (Å²) in [5.41, 5.74) is 0.605. The van der Waals surface area contributed by atoms with Gasteiger partial charge in [0, 0.05) is 46.7 Å². The van der Waals surface area contributed by atoms with E-state index < -0.39 is 0 Å². The van der Waals surface area contributed by atoms with Gasteiger partial charge in [0.25, 0.3) is 5.91 Å². The minimum absolute atomic E-state index is 0.00771. The highest BCUT2D eigenvalue weighted by molar-refractivity contribution is 5.97. The highest BCUT2D eigenvalue weighted by Gasteiger charge is 2.30. The molecule has 2 heterocycles. The molecule has 1 aromatic rings. The van der Waals surface area contributed by atoms with Gasteiger partial charge in [-0.2, -0.15) is 0 Å². The van der Waals surface area contributed by atoms with Crippen molar-refractivity contribution in [3.8, 4) is 5.75 Å². The van der Waals surface area contributed by atoms with E-state index in [2.05, 4.69) is 0 Å². The van der Waals surface area contributed by atoms with E-state index in [0.717, 1.165) is 38.6 Å². The van der Waals surface area contributed by atoms with Crippen molar-refractivity contribution >= 4 is 11.8 Å². The monoisotopic (exact) mass is 404 g/mol. The third-order valence-corrected chi connectivity index (χ3v) is 5.72. The molecule has 2 aliphatic heterocycles. The van der Waals surface area contributed by atoms with Crippen molar-refractivity contribution in [1.82, 2.24) is 9.80 Å². The molecule has 2 saturated heterocycles. The fourth-order valence-electron chi connectivity index (χ4n) is 4.15. The molecule has 0 N–H and O–H groups in total. The molecule has 7 heteroatoms. The van der Waals surface area contributed by atoms with Crippen molar-refractivity contribution in [2.75, 3.05) is 47.1 Å². The number of benzene rings is 1. The van der Waals surface area contributed by atoms with E-state index in [-0.39, 0.29) is 30.6 Å². The van der Waals surface area contributed by atoms with E-state index in [0.29, 0.717) is 31.0 Å². The summed E-state index contributed by atoms with van der Waals surface area (Å²) in [6, 6.07) is 7.59. The normalized spacial score (nSPS) is 20.6. The van der Waals surface area contributed by atoms with Gasteiger partial charge in [0.2, 0.25) is 5.91 Å². The first-order valence-corrected chi connectivity index (χ1v) is 10.5. The average molecular weight is 405 g/mol. The van der Waals surface area contributed by atoms with Gasteiger partial charge in [-0.1, -0.05) is 12.1 Å². The highest BCUT2D eigenvalue weighted by atomic mass is 16.5. The van der Waals surface area contributed by atoms with Crippen LogP contribution < -0.4 is 4.74 Å². The van der Waals surface area contributed by atoms with Gasteiger partial charge in [0.15, 0.2) is 0 Å². The first-order valence-electron chi connectivity index (χ1n) is 10.5. The lowest BCUT2D eigenvalue weighted by Gasteiger charge is -2.36. The molecule has 0 saturated carbocycles. The summed E-state index contributed by atoms with van der Waals surface area (Å²) in [7, 11) is 3.21. The van der Waals surface area contributed by atoms with Crippen molar-refractivity contribution in [1.29, 1.82) is 0 Å². The maximum atomic E-state index is 13.3. The van der Waals surface area contributed by atoms with Crippen molar-refractivity contribution in [3.63, 3.8) is 0 Å². The van der Waals surface area contributed by atoms with Gasteiger partial charge in [-0.05, 0) is 31.4 Å². The highest BCUT2D eigenvalue weighted by Crippen LogP contribution is 2.27. The first-order chi connectivity index (χ1) is 14.1. The smallest absolute Gasteiger partial charge is 0.257 e. The van der Waals surface area contributed by atoms with Gasteiger partial charge < -0.3 is 24.0 Å². The molecule has 0 radical (unpaired) electrons. The Bertz CT molecular complexity index is 686. The van der Waals surface area contributed by atoms with Crippen LogP contribution in [-0.4, -0.2) is 80.8 Å². The number of hydrogen-bond acceptors (Lipinski definition) is 5. The van der Waals surface area contributed by atoms with Crippen LogP contribution in [0.25, 0.3) is 0 Å². The second-order valence-corrected chi connectivity index (χ2v) is 7.73. The Kier molecular flexibility index (Phi) is 7.89. The zero-order chi connectivity index (χ0) is 20.6. The standard InChI is InChI=1S/C22H32N2O5/c1-27-15-17-7-5-6-12-24(17)22(26)19-8-3-4-9-20(19)29-18-10-13-23(14-11-18)21(25)16-28-2/h3-4,8-9,17-18H,5-7,10-16H2,1-2H3/t17-/m1/s1. The molecule has 0 unspecified atom stereocenters. The summed E-state index contributed by atoms with van der Waals surface area (Å²) in [5, 5.41) is 0. The van der Waals surface area contributed by atoms with E-state index >= 15 is 0 Å². The number of nitrogens with zero attached hydrogens (tertiary/aromatic N) is 2. The molecule has 160 valence electrons. The minimum atomic E-state index is -0.00771. The van der Waals surface area contributed by atoms with Gasteiger partial charge >= 0.3 is 0 Å². The number of rotatable bonds is 7. The third kappa shape index (κ3) is 5.48. The van der Waals surface area contributed by atoms with Crippen molar-refractivity contribution in [2.24, 2.45) is 0 Å². The Labute approximate surface area is 172 Å². The number of likely N-dealkylation sites (tertiary alicyclic amines) is 2. The van der Waals surface area contributed by atoms with Gasteiger partial charge in [-0.15, -0.1) is 0 Å². The van der Waals surface area contributed by atoms with Crippen molar-refractivity contribution in [2.45, 2.75) is 44.2 Å². The summed E-state index contributed by atoms with van der Waals surface area (Å²) >= 11 is 0. The lowest BCUT2D eigenvalue weighted by atomic mass is 10.0. The number of para-hydroxylation sites is 1. The summed E-state index contributed by atoms with van der Waals surface area (Å²) in [4.78, 5) is 29.0. The van der Waals surface area contributed by atoms with Crippen LogP contribution in [0.4, 0.5) is 0 Å². The number of carbonyl (C=O) groups excluding carboxylic acids is 2. The molecule has 0 bridgehead atoms. The fourth-order valence-corrected chi connectivity index (χ4v) is 4.15. The predicted molar refractivity (Wildman–Crippen MR) is 109 cm³/mol. The molecule has 3 rings (SSSR count). The topological polar surface area (TPSA) is 68.3 Å². The van der Waals surface area contributed by atoms with E-state index in [1.807, 2.05) is 34.1 Å². The number of piperidine rings is 2. The van der Waals surface area contributed by atoms with Crippen LogP contribution in [0.15, 0.2) is 24.3 Å². The molecule has 0 aliphatic carbocycles. The van der Waals surface area contributed by atoms with E-state index in [9.17, 15) is 9.59 Å². The summed E-state index contributed by atoms with van der Waals surface area (Å²) in [5.74, 6) is 0.645. The summed E-state index contributed by atoms with van der Waals surface area (Å²) < 4.78 is 16.5. The van der Waals surface area contributed by atoms with Gasteiger partial charge in [-0.3, -0.25) is 9.59 Å². The van der Waals surface area contributed by atoms with Crippen LogP contribution in [0.3, 0.4) is 0 Å². The molecule has 2 fully saturated rings. The summed E-state index contributed by atoms with van der Waals surface area (Å²) in [6.45, 7) is 2.71. The number of ether oxygens (including phenoxy) is 3. The third-order valence-electron chi connectivity index (χ3n) is 5.72. The van der Waals surface area contributed by atoms with Gasteiger partial charge in [0.05, 0.1) is 18.2 Å². The first kappa shape index (κ1) is 21.6. The quantitative estimate of drug-likeness (QED) is 0.698. The SMILES string of the molecule is COCC(=O)N1CCC(Oc2ccccc2C(=O)N2CCCC[C@@H]2COC)CC1. The second kappa shape index (κ2) is 10.6. The largest absolute Gasteiger partial charge is 0.489 e. The zero-order valence-corrected chi connectivity index (χ0v) is 17.5. The van der Waals surface area contributed by atoms with Crippen LogP contribution in [0.2, 0.25) is 0 Å². The van der Waals surface area contributed by atoms with Crippen molar-refractivity contribution < 1.29 is 23.8 Å². The molecule has 2 aliphatic rings. The molecule has 1 atom stereocenters. The molecule has 0 spiro atoms. The molecule has 7 nitrogen and oxygen atoms in total. The molecule has 1 aromatic carbocycles. The second-order valence-electron chi connectivity index (χ2n) is 7.73. The molecular weight excluding hydrogens is 372 g/mol. The number of carbonyl (C=O) groups is 2. The Morgan fingerprint density at radius 2 is 1.76 bits per heavy atom. The minimum Gasteiger partial charge on any atom is -0.489 e. The predicted octanol–water partition coefficient (Wildman–Crippen LogP) is 2.34. The zero-order valence-electron chi connectivity index (χ0n) is 17.5.